The third kappa shape index (κ3) is 3.32. The highest BCUT2D eigenvalue weighted by atomic mass is 16.4. The van der Waals surface area contributed by atoms with E-state index in [1.54, 1.807) is 0 Å². The van der Waals surface area contributed by atoms with Gasteiger partial charge in [-0.05, 0) is 31.0 Å². The number of rotatable bonds is 4. The van der Waals surface area contributed by atoms with Crippen LogP contribution in [0, 0.1) is 6.92 Å². The Kier molecular flexibility index (Phi) is 4.52. The van der Waals surface area contributed by atoms with E-state index in [4.69, 9.17) is 10.2 Å². The number of oxazole rings is 1. The number of fused-ring (bicyclic) bond motifs is 1. The fraction of sp³-hybridized carbons (Fsp3) is 0.529. The minimum atomic E-state index is -0.376. The fourth-order valence-electron chi connectivity index (χ4n) is 2.95. The Morgan fingerprint density at radius 1 is 1.35 bits per heavy atom. The number of aryl methyl sites for hydroxylation is 1. The Morgan fingerprint density at radius 3 is 2.78 bits per heavy atom. The molecular formula is C17H24N4O2. The normalized spacial score (nSPS) is 16.8. The number of amides is 1. The van der Waals surface area contributed by atoms with Crippen LogP contribution in [0.5, 0.6) is 0 Å². The van der Waals surface area contributed by atoms with E-state index in [2.05, 4.69) is 9.88 Å². The van der Waals surface area contributed by atoms with Crippen molar-refractivity contribution in [3.8, 4) is 0 Å². The van der Waals surface area contributed by atoms with Crippen LogP contribution in [0.4, 0.5) is 6.01 Å². The Morgan fingerprint density at radius 2 is 2.09 bits per heavy atom. The number of carbonyl (C=O) groups is 1. The van der Waals surface area contributed by atoms with Gasteiger partial charge in [0.2, 0.25) is 5.91 Å². The number of carbonyl (C=O) groups excluding carboxylic acids is 1. The molecule has 0 saturated carbocycles. The average Bonchev–Trinajstić information content (AvgIpc) is 2.97. The van der Waals surface area contributed by atoms with Gasteiger partial charge in [-0.1, -0.05) is 19.4 Å². The second-order valence-electron chi connectivity index (χ2n) is 6.18. The van der Waals surface area contributed by atoms with E-state index < -0.39 is 0 Å². The highest BCUT2D eigenvalue weighted by Gasteiger charge is 2.26. The SMILES string of the molecule is CCCC(N)C(=O)N1CCN(c2nc3cc(C)ccc3o2)CC1. The second-order valence-corrected chi connectivity index (χ2v) is 6.18. The number of nitrogens with zero attached hydrogens (tertiary/aromatic N) is 3. The third-order valence-corrected chi connectivity index (χ3v) is 4.31. The summed E-state index contributed by atoms with van der Waals surface area (Å²) in [7, 11) is 0. The van der Waals surface area contributed by atoms with Gasteiger partial charge in [0.05, 0.1) is 6.04 Å². The summed E-state index contributed by atoms with van der Waals surface area (Å²) in [5, 5.41) is 0. The van der Waals surface area contributed by atoms with E-state index in [1.165, 1.54) is 0 Å². The van der Waals surface area contributed by atoms with Gasteiger partial charge in [0, 0.05) is 26.2 Å². The first kappa shape index (κ1) is 15.8. The van der Waals surface area contributed by atoms with Crippen LogP contribution in [0.3, 0.4) is 0 Å². The summed E-state index contributed by atoms with van der Waals surface area (Å²) in [6.45, 7) is 6.84. The molecule has 0 radical (unpaired) electrons. The first-order valence-corrected chi connectivity index (χ1v) is 8.25. The van der Waals surface area contributed by atoms with Gasteiger partial charge in [0.1, 0.15) is 5.52 Å². The molecule has 2 aromatic rings. The molecule has 0 bridgehead atoms. The van der Waals surface area contributed by atoms with E-state index in [-0.39, 0.29) is 11.9 Å². The van der Waals surface area contributed by atoms with Crippen molar-refractivity contribution in [3.05, 3.63) is 23.8 Å². The molecule has 1 unspecified atom stereocenters. The molecule has 1 fully saturated rings. The van der Waals surface area contributed by atoms with Gasteiger partial charge < -0.3 is 20.0 Å². The van der Waals surface area contributed by atoms with Gasteiger partial charge in [-0.15, -0.1) is 0 Å². The Bertz CT molecular complexity index is 689. The molecule has 124 valence electrons. The molecule has 2 N–H and O–H groups in total. The Labute approximate surface area is 136 Å². The van der Waals surface area contributed by atoms with Gasteiger partial charge in [0.15, 0.2) is 5.58 Å². The van der Waals surface area contributed by atoms with Crippen LogP contribution in [0.1, 0.15) is 25.3 Å². The van der Waals surface area contributed by atoms with Crippen LogP contribution < -0.4 is 10.6 Å². The maximum absolute atomic E-state index is 12.3. The predicted molar refractivity (Wildman–Crippen MR) is 90.4 cm³/mol. The molecule has 1 aliphatic rings. The molecule has 0 aliphatic carbocycles. The standard InChI is InChI=1S/C17H24N4O2/c1-3-4-13(18)16(22)20-7-9-21(10-8-20)17-19-14-11-12(2)5-6-15(14)23-17/h5-6,11,13H,3-4,7-10,18H2,1-2H3. The summed E-state index contributed by atoms with van der Waals surface area (Å²) in [6.07, 6.45) is 1.67. The van der Waals surface area contributed by atoms with Crippen LogP contribution in [-0.2, 0) is 4.79 Å². The largest absolute Gasteiger partial charge is 0.423 e. The zero-order valence-corrected chi connectivity index (χ0v) is 13.8. The molecule has 6 nitrogen and oxygen atoms in total. The molecule has 1 aliphatic heterocycles. The summed E-state index contributed by atoms with van der Waals surface area (Å²) in [5.74, 6) is 0.0553. The number of benzene rings is 1. The second kappa shape index (κ2) is 6.58. The van der Waals surface area contributed by atoms with E-state index in [1.807, 2.05) is 36.9 Å². The minimum absolute atomic E-state index is 0.0553. The summed E-state index contributed by atoms with van der Waals surface area (Å²) in [4.78, 5) is 20.8. The van der Waals surface area contributed by atoms with E-state index in [9.17, 15) is 4.79 Å². The molecule has 23 heavy (non-hydrogen) atoms. The summed E-state index contributed by atoms with van der Waals surface area (Å²) in [5.41, 5.74) is 8.78. The van der Waals surface area contributed by atoms with Gasteiger partial charge in [0.25, 0.3) is 6.01 Å². The lowest BCUT2D eigenvalue weighted by Crippen LogP contribution is -2.53. The van der Waals surface area contributed by atoms with Gasteiger partial charge >= 0.3 is 0 Å². The van der Waals surface area contributed by atoms with Crippen molar-refractivity contribution in [2.75, 3.05) is 31.1 Å². The first-order chi connectivity index (χ1) is 11.1. The third-order valence-electron chi connectivity index (χ3n) is 4.31. The topological polar surface area (TPSA) is 75.6 Å². The van der Waals surface area contributed by atoms with Crippen LogP contribution in [0.2, 0.25) is 0 Å². The molecule has 1 aromatic heterocycles. The number of nitrogens with two attached hydrogens (primary N) is 1. The monoisotopic (exact) mass is 316 g/mol. The van der Waals surface area contributed by atoms with Gasteiger partial charge in [-0.25, -0.2) is 0 Å². The molecule has 6 heteroatoms. The van der Waals surface area contributed by atoms with Crippen LogP contribution >= 0.6 is 0 Å². The molecule has 1 aromatic carbocycles. The van der Waals surface area contributed by atoms with Crippen molar-refractivity contribution in [1.82, 2.24) is 9.88 Å². The van der Waals surface area contributed by atoms with Crippen molar-refractivity contribution in [2.45, 2.75) is 32.7 Å². The number of piperazine rings is 1. The highest BCUT2D eigenvalue weighted by Crippen LogP contribution is 2.23. The minimum Gasteiger partial charge on any atom is -0.423 e. The van der Waals surface area contributed by atoms with Gasteiger partial charge in [-0.3, -0.25) is 4.79 Å². The maximum atomic E-state index is 12.3. The lowest BCUT2D eigenvalue weighted by atomic mass is 10.1. The molecule has 1 atom stereocenters. The van der Waals surface area contributed by atoms with Crippen molar-refractivity contribution in [1.29, 1.82) is 0 Å². The first-order valence-electron chi connectivity index (χ1n) is 8.25. The van der Waals surface area contributed by atoms with Crippen LogP contribution in [0.15, 0.2) is 22.6 Å². The van der Waals surface area contributed by atoms with Crippen LogP contribution in [0.25, 0.3) is 11.1 Å². The number of aromatic nitrogens is 1. The average molecular weight is 316 g/mol. The quantitative estimate of drug-likeness (QED) is 0.932. The Balaban J connectivity index is 1.65. The number of anilines is 1. The summed E-state index contributed by atoms with van der Waals surface area (Å²) in [6, 6.07) is 6.24. The van der Waals surface area contributed by atoms with Crippen molar-refractivity contribution >= 4 is 23.0 Å². The predicted octanol–water partition coefficient (Wildman–Crippen LogP) is 1.91. The molecule has 2 heterocycles. The Hall–Kier alpha value is -2.08. The fourth-order valence-corrected chi connectivity index (χ4v) is 2.95. The van der Waals surface area contributed by atoms with E-state index in [0.29, 0.717) is 19.1 Å². The molecule has 3 rings (SSSR count). The highest BCUT2D eigenvalue weighted by molar-refractivity contribution is 5.82. The van der Waals surface area contributed by atoms with Crippen molar-refractivity contribution in [2.24, 2.45) is 5.73 Å². The zero-order valence-electron chi connectivity index (χ0n) is 13.8. The summed E-state index contributed by atoms with van der Waals surface area (Å²) >= 11 is 0. The van der Waals surface area contributed by atoms with Crippen molar-refractivity contribution < 1.29 is 9.21 Å². The molecule has 1 saturated heterocycles. The zero-order chi connectivity index (χ0) is 16.4. The number of hydrogen-bond donors (Lipinski definition) is 1. The van der Waals surface area contributed by atoms with Crippen molar-refractivity contribution in [3.63, 3.8) is 0 Å². The van der Waals surface area contributed by atoms with E-state index >= 15 is 0 Å². The lowest BCUT2D eigenvalue weighted by molar-refractivity contribution is -0.133. The maximum Gasteiger partial charge on any atom is 0.298 e. The van der Waals surface area contributed by atoms with Gasteiger partial charge in [-0.2, -0.15) is 4.98 Å². The molecule has 1 amide bonds. The number of hydrogen-bond acceptors (Lipinski definition) is 5. The summed E-state index contributed by atoms with van der Waals surface area (Å²) < 4.78 is 5.83. The molecule has 0 spiro atoms. The van der Waals surface area contributed by atoms with E-state index in [0.717, 1.165) is 42.6 Å². The smallest absolute Gasteiger partial charge is 0.298 e. The molecular weight excluding hydrogens is 292 g/mol. The van der Waals surface area contributed by atoms with Crippen LogP contribution in [-0.4, -0.2) is 48.0 Å². The lowest BCUT2D eigenvalue weighted by Gasteiger charge is -2.35.